The van der Waals surface area contributed by atoms with Crippen LogP contribution in [0.3, 0.4) is 0 Å². The fourth-order valence-electron chi connectivity index (χ4n) is 2.21. The zero-order valence-electron chi connectivity index (χ0n) is 9.98. The lowest BCUT2D eigenvalue weighted by Crippen LogP contribution is -2.41. The minimum Gasteiger partial charge on any atom is -0.329 e. The monoisotopic (exact) mass is 256 g/mol. The van der Waals surface area contributed by atoms with E-state index in [1.807, 2.05) is 11.3 Å². The van der Waals surface area contributed by atoms with Crippen molar-refractivity contribution in [2.24, 2.45) is 5.73 Å². The van der Waals surface area contributed by atoms with Crippen LogP contribution in [0.2, 0.25) is 0 Å². The first-order valence-corrected chi connectivity index (χ1v) is 7.69. The molecule has 0 radical (unpaired) electrons. The highest BCUT2D eigenvalue weighted by Gasteiger charge is 2.25. The molecule has 1 aliphatic rings. The van der Waals surface area contributed by atoms with Gasteiger partial charge in [-0.25, -0.2) is 0 Å². The molecule has 0 spiro atoms. The predicted octanol–water partition coefficient (Wildman–Crippen LogP) is 2.49. The Morgan fingerprint density at radius 1 is 1.56 bits per heavy atom. The smallest absolute Gasteiger partial charge is 0.0565 e. The van der Waals surface area contributed by atoms with Crippen LogP contribution in [0.25, 0.3) is 0 Å². The highest BCUT2D eigenvalue weighted by atomic mass is 32.2. The number of thiophene rings is 1. The molecule has 1 aliphatic heterocycles. The summed E-state index contributed by atoms with van der Waals surface area (Å²) in [6.07, 6.45) is 0. The van der Waals surface area contributed by atoms with Crippen molar-refractivity contribution in [3.63, 3.8) is 0 Å². The van der Waals surface area contributed by atoms with Gasteiger partial charge in [-0.2, -0.15) is 11.8 Å². The van der Waals surface area contributed by atoms with Crippen LogP contribution in [0.15, 0.2) is 12.1 Å². The summed E-state index contributed by atoms with van der Waals surface area (Å²) in [5.74, 6) is 1.24. The molecule has 4 heteroatoms. The summed E-state index contributed by atoms with van der Waals surface area (Å²) in [4.78, 5) is 5.36. The van der Waals surface area contributed by atoms with Crippen molar-refractivity contribution in [1.82, 2.24) is 4.90 Å². The number of thioether (sulfide) groups is 1. The average molecular weight is 256 g/mol. The first-order valence-electron chi connectivity index (χ1n) is 5.82. The third kappa shape index (κ3) is 2.80. The topological polar surface area (TPSA) is 29.3 Å². The molecule has 1 aromatic rings. The molecule has 0 saturated carbocycles. The molecule has 2 N–H and O–H groups in total. The third-order valence-electron chi connectivity index (χ3n) is 3.03. The van der Waals surface area contributed by atoms with E-state index >= 15 is 0 Å². The van der Waals surface area contributed by atoms with Gasteiger partial charge in [0.05, 0.1) is 6.04 Å². The van der Waals surface area contributed by atoms with Gasteiger partial charge >= 0.3 is 0 Å². The fourth-order valence-corrected chi connectivity index (χ4v) is 4.27. The molecule has 0 amide bonds. The molecule has 1 aromatic heterocycles. The molecule has 2 unspecified atom stereocenters. The van der Waals surface area contributed by atoms with Gasteiger partial charge in [-0.3, -0.25) is 4.90 Å². The van der Waals surface area contributed by atoms with Gasteiger partial charge in [0.25, 0.3) is 0 Å². The van der Waals surface area contributed by atoms with Crippen molar-refractivity contribution < 1.29 is 0 Å². The Hall–Kier alpha value is -0.0300. The Morgan fingerprint density at radius 3 is 2.94 bits per heavy atom. The number of aryl methyl sites for hydroxylation is 1. The van der Waals surface area contributed by atoms with Crippen molar-refractivity contribution in [2.45, 2.75) is 25.1 Å². The van der Waals surface area contributed by atoms with Gasteiger partial charge in [0.1, 0.15) is 0 Å². The maximum absolute atomic E-state index is 5.95. The Bertz CT molecular complexity index is 338. The fraction of sp³-hybridized carbons (Fsp3) is 0.667. The Balaban J connectivity index is 2.09. The van der Waals surface area contributed by atoms with E-state index in [2.05, 4.69) is 42.6 Å². The van der Waals surface area contributed by atoms with E-state index in [9.17, 15) is 0 Å². The second-order valence-corrected chi connectivity index (χ2v) is 7.24. The Kier molecular flexibility index (Phi) is 4.30. The van der Waals surface area contributed by atoms with Gasteiger partial charge in [-0.1, -0.05) is 6.92 Å². The van der Waals surface area contributed by atoms with E-state index in [1.165, 1.54) is 28.6 Å². The lowest BCUT2D eigenvalue weighted by molar-refractivity contribution is 0.214. The maximum atomic E-state index is 5.95. The molecular weight excluding hydrogens is 236 g/mol. The lowest BCUT2D eigenvalue weighted by atomic mass is 10.2. The minimum atomic E-state index is 0.432. The van der Waals surface area contributed by atoms with Gasteiger partial charge < -0.3 is 5.73 Å². The van der Waals surface area contributed by atoms with E-state index in [0.29, 0.717) is 6.04 Å². The molecular formula is C12H20N2S2. The minimum absolute atomic E-state index is 0.432. The van der Waals surface area contributed by atoms with Gasteiger partial charge in [0.15, 0.2) is 0 Å². The summed E-state index contributed by atoms with van der Waals surface area (Å²) in [6, 6.07) is 4.87. The molecule has 2 nitrogen and oxygen atoms in total. The first kappa shape index (κ1) is 12.4. The van der Waals surface area contributed by atoms with E-state index in [1.54, 1.807) is 0 Å². The van der Waals surface area contributed by atoms with Crippen molar-refractivity contribution in [3.8, 4) is 0 Å². The van der Waals surface area contributed by atoms with E-state index in [-0.39, 0.29) is 0 Å². The summed E-state index contributed by atoms with van der Waals surface area (Å²) in [6.45, 7) is 7.55. The largest absolute Gasteiger partial charge is 0.329 e. The number of nitrogens with two attached hydrogens (primary N) is 1. The molecule has 90 valence electrons. The predicted molar refractivity (Wildman–Crippen MR) is 74.3 cm³/mol. The first-order chi connectivity index (χ1) is 7.70. The highest BCUT2D eigenvalue weighted by Crippen LogP contribution is 2.30. The summed E-state index contributed by atoms with van der Waals surface area (Å²) in [5.41, 5.74) is 5.95. The summed E-state index contributed by atoms with van der Waals surface area (Å²) < 4.78 is 0. The number of hydrogen-bond acceptors (Lipinski definition) is 4. The van der Waals surface area contributed by atoms with Crippen LogP contribution in [0.4, 0.5) is 0 Å². The number of nitrogens with zero attached hydrogens (tertiary/aromatic N) is 1. The van der Waals surface area contributed by atoms with Crippen molar-refractivity contribution in [2.75, 3.05) is 25.4 Å². The zero-order valence-corrected chi connectivity index (χ0v) is 11.6. The van der Waals surface area contributed by atoms with Gasteiger partial charge in [-0.05, 0) is 19.1 Å². The molecule has 2 heterocycles. The molecule has 2 atom stereocenters. The van der Waals surface area contributed by atoms with Crippen LogP contribution < -0.4 is 5.73 Å². The van der Waals surface area contributed by atoms with Crippen LogP contribution in [0.5, 0.6) is 0 Å². The van der Waals surface area contributed by atoms with Crippen molar-refractivity contribution in [1.29, 1.82) is 0 Å². The SMILES string of the molecule is Cc1ccc(C(CN)N2CCSC(C)C2)s1. The summed E-state index contributed by atoms with van der Waals surface area (Å²) in [5, 5.41) is 0.740. The normalized spacial score (nSPS) is 24.6. The average Bonchev–Trinajstić information content (AvgIpc) is 2.66. The molecule has 1 saturated heterocycles. The van der Waals surface area contributed by atoms with Crippen LogP contribution in [-0.4, -0.2) is 35.5 Å². The Labute approximate surface area is 106 Å². The van der Waals surface area contributed by atoms with E-state index in [4.69, 9.17) is 5.73 Å². The summed E-state index contributed by atoms with van der Waals surface area (Å²) in [7, 11) is 0. The maximum Gasteiger partial charge on any atom is 0.0565 e. The molecule has 1 fully saturated rings. The van der Waals surface area contributed by atoms with Gasteiger partial charge in [0, 0.05) is 40.4 Å². The molecule has 0 aliphatic carbocycles. The second kappa shape index (κ2) is 5.54. The molecule has 16 heavy (non-hydrogen) atoms. The lowest BCUT2D eigenvalue weighted by Gasteiger charge is -2.36. The van der Waals surface area contributed by atoms with Crippen molar-refractivity contribution in [3.05, 3.63) is 21.9 Å². The standard InChI is InChI=1S/C12H20N2S2/c1-9-3-4-12(16-9)11(7-13)14-5-6-15-10(2)8-14/h3-4,10-11H,5-8,13H2,1-2H3. The van der Waals surface area contributed by atoms with Crippen molar-refractivity contribution >= 4 is 23.1 Å². The Morgan fingerprint density at radius 2 is 2.38 bits per heavy atom. The molecule has 0 aromatic carbocycles. The van der Waals surface area contributed by atoms with Crippen LogP contribution in [-0.2, 0) is 0 Å². The second-order valence-electron chi connectivity index (χ2n) is 4.38. The van der Waals surface area contributed by atoms with E-state index < -0.39 is 0 Å². The summed E-state index contributed by atoms with van der Waals surface area (Å²) >= 11 is 3.96. The molecule has 2 rings (SSSR count). The highest BCUT2D eigenvalue weighted by molar-refractivity contribution is 7.99. The number of rotatable bonds is 3. The van der Waals surface area contributed by atoms with Crippen LogP contribution in [0, 0.1) is 6.92 Å². The van der Waals surface area contributed by atoms with Crippen LogP contribution in [0.1, 0.15) is 22.7 Å². The van der Waals surface area contributed by atoms with Gasteiger partial charge in [-0.15, -0.1) is 11.3 Å². The zero-order chi connectivity index (χ0) is 11.5. The van der Waals surface area contributed by atoms with E-state index in [0.717, 1.165) is 11.8 Å². The third-order valence-corrected chi connectivity index (χ3v) is 5.26. The quantitative estimate of drug-likeness (QED) is 0.901. The van der Waals surface area contributed by atoms with Gasteiger partial charge in [0.2, 0.25) is 0 Å². The number of hydrogen-bond donors (Lipinski definition) is 1. The molecule has 0 bridgehead atoms. The van der Waals surface area contributed by atoms with Crippen LogP contribution >= 0.6 is 23.1 Å².